The van der Waals surface area contributed by atoms with Crippen molar-refractivity contribution in [1.29, 1.82) is 0 Å². The van der Waals surface area contributed by atoms with Crippen molar-refractivity contribution >= 4 is 57.4 Å². The molecule has 6 heteroatoms. The second kappa shape index (κ2) is 6.20. The Morgan fingerprint density at radius 3 is 2.55 bits per heavy atom. The minimum absolute atomic E-state index is 0.0614. The van der Waals surface area contributed by atoms with E-state index in [9.17, 15) is 9.90 Å². The molecule has 2 N–H and O–H groups in total. The van der Waals surface area contributed by atoms with E-state index in [1.807, 2.05) is 29.5 Å². The predicted molar refractivity (Wildman–Crippen MR) is 90.0 cm³/mol. The summed E-state index contributed by atoms with van der Waals surface area (Å²) in [6.45, 7) is 1.83. The van der Waals surface area contributed by atoms with Crippen LogP contribution in [0.2, 0.25) is 10.0 Å². The standard InChI is InChI=1S/C14H10Cl2INO2/c1-7-4-10(16)12(6-9(7)15)18-14(20)8-2-3-11(17)13(19)5-8/h2-6,19H,1H3,(H,18,20). The molecule has 1 amide bonds. The monoisotopic (exact) mass is 421 g/mol. The summed E-state index contributed by atoms with van der Waals surface area (Å²) in [4.78, 5) is 12.1. The lowest BCUT2D eigenvalue weighted by Gasteiger charge is -2.10. The van der Waals surface area contributed by atoms with Gasteiger partial charge < -0.3 is 10.4 Å². The number of carbonyl (C=O) groups excluding carboxylic acids is 1. The van der Waals surface area contributed by atoms with Gasteiger partial charge in [0.2, 0.25) is 0 Å². The van der Waals surface area contributed by atoms with Crippen molar-refractivity contribution in [3.63, 3.8) is 0 Å². The second-order valence-electron chi connectivity index (χ2n) is 4.20. The molecule has 0 spiro atoms. The van der Waals surface area contributed by atoms with Crippen molar-refractivity contribution in [2.75, 3.05) is 5.32 Å². The molecule has 2 aromatic carbocycles. The van der Waals surface area contributed by atoms with Gasteiger partial charge in [-0.25, -0.2) is 0 Å². The second-order valence-corrected chi connectivity index (χ2v) is 6.18. The summed E-state index contributed by atoms with van der Waals surface area (Å²) < 4.78 is 0.676. The van der Waals surface area contributed by atoms with Gasteiger partial charge >= 0.3 is 0 Å². The van der Waals surface area contributed by atoms with E-state index in [0.717, 1.165) is 5.56 Å². The van der Waals surface area contributed by atoms with Gasteiger partial charge in [0.1, 0.15) is 5.75 Å². The van der Waals surface area contributed by atoms with Crippen LogP contribution < -0.4 is 5.32 Å². The smallest absolute Gasteiger partial charge is 0.255 e. The van der Waals surface area contributed by atoms with Crippen molar-refractivity contribution < 1.29 is 9.90 Å². The molecule has 0 bridgehead atoms. The predicted octanol–water partition coefficient (Wildman–Crippen LogP) is 4.86. The summed E-state index contributed by atoms with van der Waals surface area (Å²) in [5.74, 6) is -0.301. The molecular formula is C14H10Cl2INO2. The van der Waals surface area contributed by atoms with Crippen LogP contribution >= 0.6 is 45.8 Å². The van der Waals surface area contributed by atoms with E-state index >= 15 is 0 Å². The van der Waals surface area contributed by atoms with E-state index < -0.39 is 0 Å². The molecule has 0 aliphatic rings. The molecule has 0 atom stereocenters. The van der Waals surface area contributed by atoms with Crippen LogP contribution in [0.25, 0.3) is 0 Å². The Balaban J connectivity index is 2.27. The molecular weight excluding hydrogens is 412 g/mol. The molecule has 3 nitrogen and oxygen atoms in total. The molecule has 0 radical (unpaired) electrons. The summed E-state index contributed by atoms with van der Waals surface area (Å²) in [6.07, 6.45) is 0. The summed E-state index contributed by atoms with van der Waals surface area (Å²) in [5.41, 5.74) is 1.61. The summed E-state index contributed by atoms with van der Waals surface area (Å²) in [7, 11) is 0. The maximum atomic E-state index is 12.1. The topological polar surface area (TPSA) is 49.3 Å². The third kappa shape index (κ3) is 3.37. The number of aryl methyl sites for hydroxylation is 1. The van der Waals surface area contributed by atoms with Crippen molar-refractivity contribution in [3.8, 4) is 5.75 Å². The highest BCUT2D eigenvalue weighted by atomic mass is 127. The normalized spacial score (nSPS) is 10.4. The fourth-order valence-electron chi connectivity index (χ4n) is 1.59. The number of halogens is 3. The lowest BCUT2D eigenvalue weighted by atomic mass is 10.2. The van der Waals surface area contributed by atoms with Gasteiger partial charge in [-0.1, -0.05) is 23.2 Å². The Labute approximate surface area is 140 Å². The molecule has 20 heavy (non-hydrogen) atoms. The fourth-order valence-corrected chi connectivity index (χ4v) is 2.36. The van der Waals surface area contributed by atoms with E-state index in [-0.39, 0.29) is 11.7 Å². The number of nitrogens with one attached hydrogen (secondary N) is 1. The molecule has 2 aromatic rings. The van der Waals surface area contributed by atoms with Crippen molar-refractivity contribution in [2.45, 2.75) is 6.92 Å². The maximum Gasteiger partial charge on any atom is 0.255 e. The molecule has 104 valence electrons. The largest absolute Gasteiger partial charge is 0.507 e. The lowest BCUT2D eigenvalue weighted by Crippen LogP contribution is -2.12. The first-order chi connectivity index (χ1) is 9.38. The average Bonchev–Trinajstić information content (AvgIpc) is 2.39. The highest BCUT2D eigenvalue weighted by molar-refractivity contribution is 14.1. The van der Waals surface area contributed by atoms with Crippen LogP contribution in [0.15, 0.2) is 30.3 Å². The van der Waals surface area contributed by atoms with Crippen molar-refractivity contribution in [1.82, 2.24) is 0 Å². The number of carbonyl (C=O) groups is 1. The van der Waals surface area contributed by atoms with Crippen LogP contribution in [-0.4, -0.2) is 11.0 Å². The van der Waals surface area contributed by atoms with Crippen LogP contribution in [0.1, 0.15) is 15.9 Å². The molecule has 0 aliphatic carbocycles. The third-order valence-electron chi connectivity index (χ3n) is 2.70. The van der Waals surface area contributed by atoms with Gasteiger partial charge in [0.15, 0.2) is 0 Å². The highest BCUT2D eigenvalue weighted by Crippen LogP contribution is 2.29. The molecule has 0 saturated heterocycles. The van der Waals surface area contributed by atoms with Crippen molar-refractivity contribution in [3.05, 3.63) is 55.1 Å². The highest BCUT2D eigenvalue weighted by Gasteiger charge is 2.12. The number of benzene rings is 2. The van der Waals surface area contributed by atoms with E-state index in [0.29, 0.717) is 24.9 Å². The zero-order valence-corrected chi connectivity index (χ0v) is 14.0. The van der Waals surface area contributed by atoms with E-state index in [2.05, 4.69) is 5.32 Å². The summed E-state index contributed by atoms with van der Waals surface area (Å²) in [6, 6.07) is 7.98. The summed E-state index contributed by atoms with van der Waals surface area (Å²) in [5, 5.41) is 13.2. The van der Waals surface area contributed by atoms with Crippen LogP contribution in [0.3, 0.4) is 0 Å². The van der Waals surface area contributed by atoms with E-state index in [1.54, 1.807) is 24.3 Å². The first kappa shape index (κ1) is 15.4. The number of phenols is 1. The first-order valence-electron chi connectivity index (χ1n) is 5.64. The Morgan fingerprint density at radius 2 is 1.90 bits per heavy atom. The van der Waals surface area contributed by atoms with E-state index in [1.165, 1.54) is 6.07 Å². The van der Waals surface area contributed by atoms with Gasteiger partial charge in [0.05, 0.1) is 14.3 Å². The van der Waals surface area contributed by atoms with Crippen LogP contribution in [0, 0.1) is 10.5 Å². The van der Waals surface area contributed by atoms with E-state index in [4.69, 9.17) is 23.2 Å². The van der Waals surface area contributed by atoms with Gasteiger partial charge in [0.25, 0.3) is 5.91 Å². The molecule has 0 heterocycles. The number of hydrogen-bond donors (Lipinski definition) is 2. The Kier molecular flexibility index (Phi) is 4.78. The van der Waals surface area contributed by atoms with Gasteiger partial charge in [-0.3, -0.25) is 4.79 Å². The fraction of sp³-hybridized carbons (Fsp3) is 0.0714. The Bertz CT molecular complexity index is 689. The van der Waals surface area contributed by atoms with Crippen molar-refractivity contribution in [2.24, 2.45) is 0 Å². The molecule has 0 saturated carbocycles. The minimum Gasteiger partial charge on any atom is -0.507 e. The van der Waals surface area contributed by atoms with Gasteiger partial charge in [-0.15, -0.1) is 0 Å². The maximum absolute atomic E-state index is 12.1. The van der Waals surface area contributed by atoms with Gasteiger partial charge in [-0.05, 0) is 65.4 Å². The lowest BCUT2D eigenvalue weighted by molar-refractivity contribution is 0.102. The minimum atomic E-state index is -0.362. The Hall–Kier alpha value is -0.980. The van der Waals surface area contributed by atoms with Crippen LogP contribution in [-0.2, 0) is 0 Å². The van der Waals surface area contributed by atoms with Gasteiger partial charge in [0, 0.05) is 10.6 Å². The summed E-state index contributed by atoms with van der Waals surface area (Å²) >= 11 is 14.1. The molecule has 0 aromatic heterocycles. The number of hydrogen-bond acceptors (Lipinski definition) is 2. The number of anilines is 1. The Morgan fingerprint density at radius 1 is 1.20 bits per heavy atom. The van der Waals surface area contributed by atoms with Crippen LogP contribution in [0.5, 0.6) is 5.75 Å². The van der Waals surface area contributed by atoms with Gasteiger partial charge in [-0.2, -0.15) is 0 Å². The van der Waals surface area contributed by atoms with Crippen LogP contribution in [0.4, 0.5) is 5.69 Å². The molecule has 0 fully saturated rings. The average molecular weight is 422 g/mol. The quantitative estimate of drug-likeness (QED) is 0.680. The third-order valence-corrected chi connectivity index (χ3v) is 4.34. The molecule has 0 aliphatic heterocycles. The molecule has 2 rings (SSSR count). The first-order valence-corrected chi connectivity index (χ1v) is 7.47. The number of amides is 1. The SMILES string of the molecule is Cc1cc(Cl)c(NC(=O)c2ccc(I)c(O)c2)cc1Cl. The number of aromatic hydroxyl groups is 1. The zero-order chi connectivity index (χ0) is 14.9. The zero-order valence-electron chi connectivity index (χ0n) is 10.4. The number of phenolic OH excluding ortho intramolecular Hbond substituents is 1. The molecule has 0 unspecified atom stereocenters. The number of rotatable bonds is 2.